The maximum Gasteiger partial charge on any atom is 0.255 e. The van der Waals surface area contributed by atoms with Gasteiger partial charge in [-0.25, -0.2) is 4.98 Å². The normalized spacial score (nSPS) is 11.8. The molecule has 0 aliphatic rings. The fraction of sp³-hybridized carbons (Fsp3) is 0.375. The standard InChI is InChI=1S/C16H20N2O3S/c1-5-14-18-12(9-22-14)10(2)17-16(19)11-7-6-8-13(20-3)15(11)21-4/h6-10H,5H2,1-4H3,(H,17,19). The molecule has 0 spiro atoms. The molecule has 0 saturated carbocycles. The van der Waals surface area contributed by atoms with Crippen LogP contribution in [0.25, 0.3) is 0 Å². The number of hydrogen-bond acceptors (Lipinski definition) is 5. The SMILES string of the molecule is CCc1nc(C(C)NC(=O)c2cccc(OC)c2OC)cs1. The van der Waals surface area contributed by atoms with Gasteiger partial charge in [0.1, 0.15) is 0 Å². The van der Waals surface area contributed by atoms with E-state index in [0.717, 1.165) is 17.1 Å². The topological polar surface area (TPSA) is 60.5 Å². The van der Waals surface area contributed by atoms with E-state index in [1.807, 2.05) is 12.3 Å². The first-order chi connectivity index (χ1) is 10.6. The number of para-hydroxylation sites is 1. The van der Waals surface area contributed by atoms with Crippen LogP contribution in [0.2, 0.25) is 0 Å². The van der Waals surface area contributed by atoms with Crippen molar-refractivity contribution >= 4 is 17.2 Å². The Morgan fingerprint density at radius 3 is 2.73 bits per heavy atom. The highest BCUT2D eigenvalue weighted by Gasteiger charge is 2.19. The number of carbonyl (C=O) groups excluding carboxylic acids is 1. The van der Waals surface area contributed by atoms with Gasteiger partial charge < -0.3 is 14.8 Å². The lowest BCUT2D eigenvalue weighted by Gasteiger charge is -2.15. The summed E-state index contributed by atoms with van der Waals surface area (Å²) in [5.74, 6) is 0.751. The van der Waals surface area contributed by atoms with E-state index in [0.29, 0.717) is 17.1 Å². The molecule has 0 bridgehead atoms. The lowest BCUT2D eigenvalue weighted by molar-refractivity contribution is 0.0935. The third-order valence-corrected chi connectivity index (χ3v) is 4.32. The second kappa shape index (κ2) is 7.26. The van der Waals surface area contributed by atoms with Crippen molar-refractivity contribution in [2.24, 2.45) is 0 Å². The van der Waals surface area contributed by atoms with Crippen molar-refractivity contribution in [2.45, 2.75) is 26.3 Å². The predicted molar refractivity (Wildman–Crippen MR) is 86.9 cm³/mol. The lowest BCUT2D eigenvalue weighted by Crippen LogP contribution is -2.27. The van der Waals surface area contributed by atoms with Crippen molar-refractivity contribution in [1.29, 1.82) is 0 Å². The van der Waals surface area contributed by atoms with Crippen LogP contribution in [-0.2, 0) is 6.42 Å². The minimum absolute atomic E-state index is 0.167. The number of benzene rings is 1. The molecule has 1 unspecified atom stereocenters. The van der Waals surface area contributed by atoms with Gasteiger partial charge in [0.05, 0.1) is 36.5 Å². The number of hydrogen-bond donors (Lipinski definition) is 1. The highest BCUT2D eigenvalue weighted by Crippen LogP contribution is 2.31. The first-order valence-electron chi connectivity index (χ1n) is 7.06. The van der Waals surface area contributed by atoms with Gasteiger partial charge in [-0.2, -0.15) is 0 Å². The number of thiazole rings is 1. The van der Waals surface area contributed by atoms with Crippen molar-refractivity contribution in [3.05, 3.63) is 39.8 Å². The Kier molecular flexibility index (Phi) is 5.38. The highest BCUT2D eigenvalue weighted by molar-refractivity contribution is 7.09. The Morgan fingerprint density at radius 1 is 1.36 bits per heavy atom. The van der Waals surface area contributed by atoms with E-state index in [1.54, 1.807) is 36.6 Å². The molecule has 0 fully saturated rings. The number of rotatable bonds is 6. The van der Waals surface area contributed by atoms with Crippen molar-refractivity contribution in [1.82, 2.24) is 10.3 Å². The molecule has 6 heteroatoms. The molecule has 1 atom stereocenters. The fourth-order valence-electron chi connectivity index (χ4n) is 2.10. The average molecular weight is 320 g/mol. The zero-order valence-electron chi connectivity index (χ0n) is 13.2. The number of nitrogens with zero attached hydrogens (tertiary/aromatic N) is 1. The van der Waals surface area contributed by atoms with E-state index in [4.69, 9.17) is 9.47 Å². The molecular weight excluding hydrogens is 300 g/mol. The van der Waals surface area contributed by atoms with Gasteiger partial charge in [-0.3, -0.25) is 4.79 Å². The predicted octanol–water partition coefficient (Wildman–Crippen LogP) is 3.21. The Morgan fingerprint density at radius 2 is 2.14 bits per heavy atom. The molecule has 1 amide bonds. The highest BCUT2D eigenvalue weighted by atomic mass is 32.1. The van der Waals surface area contributed by atoms with E-state index in [-0.39, 0.29) is 11.9 Å². The maximum absolute atomic E-state index is 12.5. The maximum atomic E-state index is 12.5. The van der Waals surface area contributed by atoms with Gasteiger partial charge in [0.2, 0.25) is 0 Å². The van der Waals surface area contributed by atoms with Crippen LogP contribution in [0, 0.1) is 0 Å². The number of aryl methyl sites for hydroxylation is 1. The molecule has 5 nitrogen and oxygen atoms in total. The van der Waals surface area contributed by atoms with Crippen LogP contribution in [-0.4, -0.2) is 25.1 Å². The summed E-state index contributed by atoms with van der Waals surface area (Å²) in [5.41, 5.74) is 1.32. The van der Waals surface area contributed by atoms with Crippen LogP contribution in [0.3, 0.4) is 0 Å². The summed E-state index contributed by atoms with van der Waals surface area (Å²) in [4.78, 5) is 17.0. The summed E-state index contributed by atoms with van der Waals surface area (Å²) in [6, 6.07) is 5.06. The van der Waals surface area contributed by atoms with Crippen LogP contribution >= 0.6 is 11.3 Å². The van der Waals surface area contributed by atoms with E-state index in [2.05, 4.69) is 17.2 Å². The molecule has 2 rings (SSSR count). The Bertz CT molecular complexity index is 655. The van der Waals surface area contributed by atoms with Gasteiger partial charge in [0.25, 0.3) is 5.91 Å². The lowest BCUT2D eigenvalue weighted by atomic mass is 10.1. The summed E-state index contributed by atoms with van der Waals surface area (Å²) in [5, 5.41) is 5.99. The number of ether oxygens (including phenoxy) is 2. The summed E-state index contributed by atoms with van der Waals surface area (Å²) < 4.78 is 10.5. The van der Waals surface area contributed by atoms with Crippen LogP contribution in [0.4, 0.5) is 0 Å². The molecule has 1 aromatic heterocycles. The molecule has 0 radical (unpaired) electrons. The summed E-state index contributed by atoms with van der Waals surface area (Å²) >= 11 is 1.61. The molecular formula is C16H20N2O3S. The Balaban J connectivity index is 2.18. The van der Waals surface area contributed by atoms with E-state index in [1.165, 1.54) is 7.11 Å². The fourth-order valence-corrected chi connectivity index (χ4v) is 2.94. The Hall–Kier alpha value is -2.08. The zero-order chi connectivity index (χ0) is 16.1. The Labute approximate surface area is 134 Å². The second-order valence-electron chi connectivity index (χ2n) is 4.76. The zero-order valence-corrected chi connectivity index (χ0v) is 14.0. The minimum atomic E-state index is -0.214. The molecule has 1 heterocycles. The van der Waals surface area contributed by atoms with Crippen LogP contribution in [0.5, 0.6) is 11.5 Å². The number of amides is 1. The monoisotopic (exact) mass is 320 g/mol. The van der Waals surface area contributed by atoms with Crippen LogP contribution in [0.15, 0.2) is 23.6 Å². The van der Waals surface area contributed by atoms with Gasteiger partial charge in [-0.15, -0.1) is 11.3 Å². The third-order valence-electron chi connectivity index (χ3n) is 3.31. The molecule has 0 aliphatic heterocycles. The van der Waals surface area contributed by atoms with Gasteiger partial charge in [-0.1, -0.05) is 13.0 Å². The third kappa shape index (κ3) is 3.39. The van der Waals surface area contributed by atoms with Gasteiger partial charge in [-0.05, 0) is 25.5 Å². The molecule has 0 aliphatic carbocycles. The minimum Gasteiger partial charge on any atom is -0.493 e. The average Bonchev–Trinajstić information content (AvgIpc) is 3.03. The molecule has 0 saturated heterocycles. The molecule has 1 N–H and O–H groups in total. The molecule has 2 aromatic rings. The van der Waals surface area contributed by atoms with E-state index >= 15 is 0 Å². The summed E-state index contributed by atoms with van der Waals surface area (Å²) in [6.07, 6.45) is 0.898. The van der Waals surface area contributed by atoms with Gasteiger partial charge in [0.15, 0.2) is 11.5 Å². The number of nitrogens with one attached hydrogen (secondary N) is 1. The number of methoxy groups -OCH3 is 2. The molecule has 118 valence electrons. The van der Waals surface area contributed by atoms with Gasteiger partial charge >= 0.3 is 0 Å². The molecule has 22 heavy (non-hydrogen) atoms. The molecule has 1 aromatic carbocycles. The largest absolute Gasteiger partial charge is 0.493 e. The summed E-state index contributed by atoms with van der Waals surface area (Å²) in [6.45, 7) is 3.98. The summed E-state index contributed by atoms with van der Waals surface area (Å²) in [7, 11) is 3.07. The quantitative estimate of drug-likeness (QED) is 0.888. The van der Waals surface area contributed by atoms with Crippen molar-refractivity contribution in [3.63, 3.8) is 0 Å². The first kappa shape index (κ1) is 16.3. The smallest absolute Gasteiger partial charge is 0.255 e. The second-order valence-corrected chi connectivity index (χ2v) is 5.70. The van der Waals surface area contributed by atoms with Crippen LogP contribution < -0.4 is 14.8 Å². The van der Waals surface area contributed by atoms with Crippen molar-refractivity contribution in [3.8, 4) is 11.5 Å². The first-order valence-corrected chi connectivity index (χ1v) is 7.94. The van der Waals surface area contributed by atoms with Crippen LogP contribution in [0.1, 0.15) is 40.9 Å². The van der Waals surface area contributed by atoms with Gasteiger partial charge in [0, 0.05) is 5.38 Å². The van der Waals surface area contributed by atoms with E-state index in [9.17, 15) is 4.79 Å². The number of aromatic nitrogens is 1. The van der Waals surface area contributed by atoms with Crippen molar-refractivity contribution in [2.75, 3.05) is 14.2 Å². The van der Waals surface area contributed by atoms with E-state index < -0.39 is 0 Å². The van der Waals surface area contributed by atoms with Crippen molar-refractivity contribution < 1.29 is 14.3 Å². The number of carbonyl (C=O) groups is 1.